The van der Waals surface area contributed by atoms with Crippen molar-refractivity contribution in [3.05, 3.63) is 40.5 Å². The molecule has 0 fully saturated rings. The van der Waals surface area contributed by atoms with Gasteiger partial charge >= 0.3 is 17.7 Å². The summed E-state index contributed by atoms with van der Waals surface area (Å²) in [7, 11) is 2.39. The molecular weight excluding hydrogens is 304 g/mol. The maximum atomic E-state index is 11.7. The molecule has 0 aliphatic heterocycles. The van der Waals surface area contributed by atoms with Crippen LogP contribution in [0.1, 0.15) is 6.92 Å². The molecule has 1 aromatic carbocycles. The highest BCUT2D eigenvalue weighted by molar-refractivity contribution is 5.99. The van der Waals surface area contributed by atoms with Crippen LogP contribution < -0.4 is 11.1 Å². The van der Waals surface area contributed by atoms with Crippen LogP contribution in [0.3, 0.4) is 0 Å². The Balaban J connectivity index is 2.39. The lowest BCUT2D eigenvalue weighted by Gasteiger charge is -2.09. The Morgan fingerprint density at radius 2 is 2.04 bits per heavy atom. The number of nitrogens with zero attached hydrogens (tertiary/aromatic N) is 1. The van der Waals surface area contributed by atoms with Gasteiger partial charge in [0.25, 0.3) is 0 Å². The molecule has 0 spiro atoms. The number of nitrogens with one attached hydrogen (secondary N) is 1. The third-order valence-electron chi connectivity index (χ3n) is 3.13. The lowest BCUT2D eigenvalue weighted by Crippen LogP contribution is -2.15. The fourth-order valence-electron chi connectivity index (χ4n) is 2.03. The van der Waals surface area contributed by atoms with Crippen molar-refractivity contribution >= 4 is 28.7 Å². The molecule has 1 heterocycles. The standard InChI is InChI=1S/C15H16N2O6/c1-4-17-11-6-5-9(7-12(11)23-15(17)20)16-10(14(19)22-3)8-13(18)21-2/h5-8,16H,4H2,1-3H3/b10-8+. The summed E-state index contributed by atoms with van der Waals surface area (Å²) in [5.74, 6) is -1.90. The number of carbonyl (C=O) groups is 2. The van der Waals surface area contributed by atoms with Gasteiger partial charge in [0.1, 0.15) is 5.70 Å². The summed E-state index contributed by atoms with van der Waals surface area (Å²) in [5.41, 5.74) is 1.36. The smallest absolute Gasteiger partial charge is 0.419 e. The summed E-state index contributed by atoms with van der Waals surface area (Å²) in [4.78, 5) is 34.7. The molecule has 2 aromatic rings. The van der Waals surface area contributed by atoms with Crippen LogP contribution in [0.4, 0.5) is 5.69 Å². The van der Waals surface area contributed by atoms with Crippen molar-refractivity contribution in [3.63, 3.8) is 0 Å². The van der Waals surface area contributed by atoms with Crippen molar-refractivity contribution in [2.45, 2.75) is 13.5 Å². The van der Waals surface area contributed by atoms with E-state index in [-0.39, 0.29) is 5.70 Å². The van der Waals surface area contributed by atoms with E-state index >= 15 is 0 Å². The zero-order chi connectivity index (χ0) is 17.0. The van der Waals surface area contributed by atoms with Crippen LogP contribution in [-0.2, 0) is 25.6 Å². The van der Waals surface area contributed by atoms with E-state index in [1.807, 2.05) is 6.92 Å². The van der Waals surface area contributed by atoms with Gasteiger partial charge in [0.2, 0.25) is 0 Å². The summed E-state index contributed by atoms with van der Waals surface area (Å²) in [6.45, 7) is 2.31. The molecule has 23 heavy (non-hydrogen) atoms. The Bertz CT molecular complexity index is 830. The van der Waals surface area contributed by atoms with Gasteiger partial charge in [0.05, 0.1) is 25.8 Å². The fraction of sp³-hybridized carbons (Fsp3) is 0.267. The van der Waals surface area contributed by atoms with Crippen LogP contribution in [0.5, 0.6) is 0 Å². The first-order valence-corrected chi connectivity index (χ1v) is 6.78. The number of carbonyl (C=O) groups excluding carboxylic acids is 2. The molecule has 0 amide bonds. The van der Waals surface area contributed by atoms with Gasteiger partial charge in [-0.25, -0.2) is 14.4 Å². The van der Waals surface area contributed by atoms with E-state index in [9.17, 15) is 14.4 Å². The van der Waals surface area contributed by atoms with E-state index in [4.69, 9.17) is 4.42 Å². The van der Waals surface area contributed by atoms with Gasteiger partial charge < -0.3 is 19.2 Å². The number of fused-ring (bicyclic) bond motifs is 1. The highest BCUT2D eigenvalue weighted by Gasteiger charge is 2.14. The zero-order valence-electron chi connectivity index (χ0n) is 12.9. The van der Waals surface area contributed by atoms with Crippen LogP contribution in [0, 0.1) is 0 Å². The van der Waals surface area contributed by atoms with Gasteiger partial charge in [0, 0.05) is 18.3 Å². The van der Waals surface area contributed by atoms with Crippen molar-refractivity contribution in [2.24, 2.45) is 0 Å². The lowest BCUT2D eigenvalue weighted by molar-refractivity contribution is -0.138. The number of oxazole rings is 1. The molecule has 8 nitrogen and oxygen atoms in total. The summed E-state index contributed by atoms with van der Waals surface area (Å²) in [6.07, 6.45) is 0.976. The monoisotopic (exact) mass is 320 g/mol. The minimum atomic E-state index is -0.733. The molecule has 0 atom stereocenters. The normalized spacial score (nSPS) is 11.3. The molecule has 0 saturated heterocycles. The Labute approximate surface area is 131 Å². The second-order valence-corrected chi connectivity index (χ2v) is 4.49. The number of hydrogen-bond donors (Lipinski definition) is 1. The summed E-state index contributed by atoms with van der Waals surface area (Å²) in [6, 6.07) is 4.88. The van der Waals surface area contributed by atoms with Crippen LogP contribution in [0.2, 0.25) is 0 Å². The average molecular weight is 320 g/mol. The number of aromatic nitrogens is 1. The van der Waals surface area contributed by atoms with Gasteiger partial charge in [-0.15, -0.1) is 0 Å². The highest BCUT2D eigenvalue weighted by Crippen LogP contribution is 2.20. The molecule has 122 valence electrons. The number of methoxy groups -OCH3 is 2. The second-order valence-electron chi connectivity index (χ2n) is 4.49. The van der Waals surface area contributed by atoms with Crippen molar-refractivity contribution < 1.29 is 23.5 Å². The Morgan fingerprint density at radius 3 is 2.65 bits per heavy atom. The van der Waals surface area contributed by atoms with Crippen molar-refractivity contribution in [3.8, 4) is 0 Å². The zero-order valence-corrected chi connectivity index (χ0v) is 12.9. The van der Waals surface area contributed by atoms with E-state index in [1.54, 1.807) is 18.2 Å². The van der Waals surface area contributed by atoms with E-state index in [0.717, 1.165) is 6.08 Å². The SMILES string of the molecule is CCn1c(=O)oc2cc(N/C(=C/C(=O)OC)C(=O)OC)ccc21. The van der Waals surface area contributed by atoms with Gasteiger partial charge in [-0.3, -0.25) is 4.57 Å². The molecule has 2 rings (SSSR count). The van der Waals surface area contributed by atoms with Crippen LogP contribution in [0.25, 0.3) is 11.1 Å². The molecule has 0 unspecified atom stereocenters. The number of benzene rings is 1. The molecule has 1 N–H and O–H groups in total. The molecular formula is C15H16N2O6. The summed E-state index contributed by atoms with van der Waals surface area (Å²) >= 11 is 0. The maximum Gasteiger partial charge on any atom is 0.419 e. The van der Waals surface area contributed by atoms with Gasteiger partial charge in [-0.05, 0) is 19.1 Å². The number of rotatable bonds is 5. The largest absolute Gasteiger partial charge is 0.466 e. The first kappa shape index (κ1) is 16.3. The Kier molecular flexibility index (Phi) is 4.85. The second kappa shape index (κ2) is 6.82. The van der Waals surface area contributed by atoms with Gasteiger partial charge in [0.15, 0.2) is 5.58 Å². The summed E-state index contributed by atoms with van der Waals surface area (Å²) < 4.78 is 15.7. The predicted molar refractivity (Wildman–Crippen MR) is 81.9 cm³/mol. The van der Waals surface area contributed by atoms with Crippen molar-refractivity contribution in [2.75, 3.05) is 19.5 Å². The highest BCUT2D eigenvalue weighted by atomic mass is 16.5. The molecule has 0 aliphatic carbocycles. The first-order valence-electron chi connectivity index (χ1n) is 6.78. The third kappa shape index (κ3) is 3.42. The summed E-state index contributed by atoms with van der Waals surface area (Å²) in [5, 5.41) is 2.75. The third-order valence-corrected chi connectivity index (χ3v) is 3.13. The Morgan fingerprint density at radius 1 is 1.30 bits per heavy atom. The van der Waals surface area contributed by atoms with Crippen molar-refractivity contribution in [1.29, 1.82) is 0 Å². The molecule has 0 saturated carbocycles. The molecule has 1 aromatic heterocycles. The number of ether oxygens (including phenoxy) is 2. The van der Waals surface area contributed by atoms with Crippen LogP contribution in [0.15, 0.2) is 39.2 Å². The number of hydrogen-bond acceptors (Lipinski definition) is 7. The topological polar surface area (TPSA) is 99.8 Å². The number of esters is 2. The number of aryl methyl sites for hydroxylation is 1. The molecule has 8 heteroatoms. The minimum absolute atomic E-state index is 0.101. The quantitative estimate of drug-likeness (QED) is 0.654. The van der Waals surface area contributed by atoms with Crippen LogP contribution >= 0.6 is 0 Å². The van der Waals surface area contributed by atoms with Gasteiger partial charge in [-0.2, -0.15) is 0 Å². The Hall–Kier alpha value is -3.03. The van der Waals surface area contributed by atoms with Gasteiger partial charge in [-0.1, -0.05) is 0 Å². The molecule has 0 aliphatic rings. The van der Waals surface area contributed by atoms with E-state index in [1.165, 1.54) is 18.8 Å². The van der Waals surface area contributed by atoms with E-state index < -0.39 is 17.7 Å². The molecule has 0 radical (unpaired) electrons. The molecule has 0 bridgehead atoms. The average Bonchev–Trinajstić information content (AvgIpc) is 2.87. The lowest BCUT2D eigenvalue weighted by atomic mass is 10.2. The number of anilines is 1. The van der Waals surface area contributed by atoms with Crippen LogP contribution in [-0.4, -0.2) is 30.7 Å². The van der Waals surface area contributed by atoms with E-state index in [2.05, 4.69) is 14.8 Å². The predicted octanol–water partition coefficient (Wildman–Crippen LogP) is 1.26. The minimum Gasteiger partial charge on any atom is -0.466 e. The van der Waals surface area contributed by atoms with Crippen molar-refractivity contribution in [1.82, 2.24) is 4.57 Å². The maximum absolute atomic E-state index is 11.7. The fourth-order valence-corrected chi connectivity index (χ4v) is 2.03. The van der Waals surface area contributed by atoms with E-state index in [0.29, 0.717) is 23.3 Å². The first-order chi connectivity index (χ1) is 11.0.